The number of pyridine rings is 3. The number of hydrogen-bond acceptors (Lipinski definition) is 23. The van der Waals surface area contributed by atoms with Gasteiger partial charge in [-0.3, -0.25) is 57.8 Å². The van der Waals surface area contributed by atoms with Crippen molar-refractivity contribution in [2.45, 2.75) is 56.8 Å². The van der Waals surface area contributed by atoms with Crippen LogP contribution in [0.3, 0.4) is 0 Å². The number of hydrogen-bond donors (Lipinski definition) is 0. The molecule has 6 atom stereocenters. The smallest absolute Gasteiger partial charge is 0.482 e. The Labute approximate surface area is 746 Å². The van der Waals surface area contributed by atoms with Crippen molar-refractivity contribution in [2.24, 2.45) is 0 Å². The fraction of sp³-hybridized carbons (Fsp3) is 0.200. The quantitative estimate of drug-likeness (QED) is 0.0861. The van der Waals surface area contributed by atoms with E-state index in [4.69, 9.17) is 33.2 Å². The van der Waals surface area contributed by atoms with E-state index in [2.05, 4.69) is 15.0 Å². The number of nitrogens with zero attached hydrogens (tertiary/aromatic N) is 12. The zero-order chi connectivity index (χ0) is 89.0. The van der Waals surface area contributed by atoms with E-state index in [9.17, 15) is 46.7 Å². The molecule has 130 heavy (non-hydrogen) atoms. The number of aromatic nitrogens is 6. The third-order valence-corrected chi connectivity index (χ3v) is 26.9. The zero-order valence-corrected chi connectivity index (χ0v) is 70.8. The Kier molecular flexibility index (Phi) is 21.4. The van der Waals surface area contributed by atoms with Crippen molar-refractivity contribution in [3.63, 3.8) is 0 Å². The van der Waals surface area contributed by atoms with Gasteiger partial charge in [-0.15, -0.1) is 34.0 Å². The number of carbonyl (C=O) groups excluding carboxylic acids is 4. The number of rotatable bonds is 11. The summed E-state index contributed by atoms with van der Waals surface area (Å²) in [6.07, 6.45) is 1.37. The fourth-order valence-corrected chi connectivity index (χ4v) is 21.3. The van der Waals surface area contributed by atoms with Gasteiger partial charge in [-0.25, -0.2) is 46.1 Å². The van der Waals surface area contributed by atoms with E-state index in [1.54, 1.807) is 59.7 Å². The molecule has 14 aromatic rings. The summed E-state index contributed by atoms with van der Waals surface area (Å²) in [5.41, 5.74) is 12.0. The second-order valence-corrected chi connectivity index (χ2v) is 33.8. The highest BCUT2D eigenvalue weighted by atomic mass is 32.1. The molecule has 23 rings (SSSR count). The highest BCUT2D eigenvalue weighted by Crippen LogP contribution is 2.55. The van der Waals surface area contributed by atoms with Gasteiger partial charge in [-0.1, -0.05) is 152 Å². The maximum atomic E-state index is 15.9. The molecule has 4 unspecified atom stereocenters. The summed E-state index contributed by atoms with van der Waals surface area (Å²) in [5.74, 6) is -7.98. The average Bonchev–Trinajstić information content (AvgIpc) is 1.36. The lowest BCUT2D eigenvalue weighted by Gasteiger charge is -2.51. The molecular formula is C95H70F6N12O14S3. The molecule has 3 aliphatic carbocycles. The van der Waals surface area contributed by atoms with Crippen molar-refractivity contribution in [3.8, 4) is 82.3 Å². The summed E-state index contributed by atoms with van der Waals surface area (Å²) >= 11 is 4.01. The van der Waals surface area contributed by atoms with Crippen LogP contribution in [0.2, 0.25) is 0 Å². The van der Waals surface area contributed by atoms with Crippen LogP contribution in [-0.4, -0.2) is 152 Å². The molecule has 12 heterocycles. The van der Waals surface area contributed by atoms with E-state index in [1.165, 1.54) is 86.4 Å². The van der Waals surface area contributed by atoms with Gasteiger partial charge < -0.3 is 47.9 Å². The molecule has 6 aromatic heterocycles. The third kappa shape index (κ3) is 13.7. The van der Waals surface area contributed by atoms with Crippen LogP contribution in [0, 0.1) is 34.9 Å². The molecule has 0 spiro atoms. The Morgan fingerprint density at radius 2 is 0.708 bits per heavy atom. The summed E-state index contributed by atoms with van der Waals surface area (Å²) < 4.78 is 137. The summed E-state index contributed by atoms with van der Waals surface area (Å²) in [7, 11) is 0. The van der Waals surface area contributed by atoms with Gasteiger partial charge in [0.05, 0.1) is 113 Å². The monoisotopic (exact) mass is 1810 g/mol. The summed E-state index contributed by atoms with van der Waals surface area (Å²) in [5, 5.41) is 5.60. The highest BCUT2D eigenvalue weighted by Gasteiger charge is 2.52. The van der Waals surface area contributed by atoms with Crippen molar-refractivity contribution in [2.75, 3.05) is 80.9 Å². The largest absolute Gasteiger partial charge is 0.514 e. The van der Waals surface area contributed by atoms with Gasteiger partial charge in [0, 0.05) is 73.1 Å². The molecule has 0 N–H and O–H groups in total. The fourth-order valence-electron chi connectivity index (χ4n) is 18.8. The van der Waals surface area contributed by atoms with Crippen molar-refractivity contribution >= 4 is 57.9 Å². The van der Waals surface area contributed by atoms with Crippen LogP contribution < -0.4 is 45.5 Å². The van der Waals surface area contributed by atoms with E-state index in [0.717, 1.165) is 62.7 Å². The first-order chi connectivity index (χ1) is 63.5. The molecule has 35 heteroatoms. The lowest BCUT2D eigenvalue weighted by atomic mass is 9.92. The van der Waals surface area contributed by atoms with Gasteiger partial charge in [0.25, 0.3) is 17.7 Å². The van der Waals surface area contributed by atoms with Crippen molar-refractivity contribution < 1.29 is 78.7 Å². The molecule has 9 aliphatic rings. The van der Waals surface area contributed by atoms with Crippen LogP contribution in [0.25, 0.3) is 65.1 Å². The number of fused-ring (bicyclic) bond motifs is 21. The Balaban J connectivity index is 0.000000118. The lowest BCUT2D eigenvalue weighted by molar-refractivity contribution is -0.0198. The number of ether oxygens (including phenoxy) is 7. The minimum atomic E-state index is -1.13. The number of benzene rings is 8. The van der Waals surface area contributed by atoms with Gasteiger partial charge in [-0.05, 0) is 86.3 Å². The van der Waals surface area contributed by atoms with E-state index in [1.807, 2.05) is 143 Å². The molecule has 3 amide bonds. The van der Waals surface area contributed by atoms with E-state index >= 15 is 13.2 Å². The SMILES string of the molecule is CCOC(=O)Oc1c2n(ccc1=O)N(C1c3ccccc3-c3scnc3-c3c1ccc(F)c3F)C1COCCN1C2=O.O=C1c2c(OCc3ccccc3)c(=O)ccn2N(C2c3ccccc3-c3scnc3-c3c2ccc(F)c3F)C2COCCN12.O=C1c2c(OCc3ccccc3)c(=O)ccn2N([C@@H]2c3ccccc3-c3scnc3-c3c2ccc(F)c3F)[C@@H]2COCCN12. The normalized spacial score (nSPS) is 18.5. The Morgan fingerprint density at radius 3 is 1.05 bits per heavy atom. The van der Waals surface area contributed by atoms with Crippen LogP contribution in [0.5, 0.6) is 17.2 Å². The second kappa shape index (κ2) is 33.7. The first-order valence-corrected chi connectivity index (χ1v) is 44.1. The molecule has 0 saturated carbocycles. The number of amides is 3. The summed E-state index contributed by atoms with van der Waals surface area (Å²) in [6.45, 7) is 3.73. The van der Waals surface area contributed by atoms with Gasteiger partial charge in [0.2, 0.25) is 22.0 Å². The van der Waals surface area contributed by atoms with Gasteiger partial charge in [0.1, 0.15) is 31.7 Å². The van der Waals surface area contributed by atoms with Crippen LogP contribution in [0.4, 0.5) is 31.1 Å². The molecule has 0 bridgehead atoms. The number of morpholine rings is 3. The third-order valence-electron chi connectivity index (χ3n) is 24.3. The maximum absolute atomic E-state index is 15.9. The highest BCUT2D eigenvalue weighted by molar-refractivity contribution is 7.14. The van der Waals surface area contributed by atoms with Gasteiger partial charge in [0.15, 0.2) is 63.5 Å². The summed E-state index contributed by atoms with van der Waals surface area (Å²) in [4.78, 5) is 115. The molecule has 0 radical (unpaired) electrons. The van der Waals surface area contributed by atoms with Crippen LogP contribution >= 0.6 is 34.0 Å². The maximum Gasteiger partial charge on any atom is 0.514 e. The standard InChI is InChI=1S/2C33H24F2N4O4S.C29H22F2N4O6S/c2*34-23-11-10-22-26(27(23)35)28-32(44-18-36-28)21-9-5-4-8-20(21)29(22)39-25-17-42-15-14-37(25)33(41)30-31(24(40)12-13-38(30)39)43-16-19-6-2-1-3-7-19;1-2-40-29(38)41-26-19(36)9-10-34-25(26)28(37)33-11-12-39-13-20(33)35(34)24-15-5-3-4-6-16(15)27-23(32-14-42-27)21-17(24)7-8-18(30)22(21)31/h2*1-13,18,25,29H,14-17H2;3-10,14,20,24H,2,11-13H2,1H3/t25-,29-;;/m1../s1. The molecular weight excluding hydrogens is 1740 g/mol. The molecule has 8 aromatic carbocycles. The molecule has 3 saturated heterocycles. The van der Waals surface area contributed by atoms with Crippen LogP contribution in [0.1, 0.15) is 101 Å². The first kappa shape index (κ1) is 82.6. The Hall–Kier alpha value is -14.4. The van der Waals surface area contributed by atoms with Crippen molar-refractivity contribution in [1.29, 1.82) is 0 Å². The average molecular weight is 1810 g/mol. The lowest BCUT2D eigenvalue weighted by Crippen LogP contribution is -2.66. The molecule has 654 valence electrons. The van der Waals surface area contributed by atoms with Crippen LogP contribution in [-0.2, 0) is 32.2 Å². The first-order valence-electron chi connectivity index (χ1n) is 41.5. The number of halogens is 6. The van der Waals surface area contributed by atoms with E-state index in [0.29, 0.717) is 61.6 Å². The van der Waals surface area contributed by atoms with E-state index < -0.39 is 106 Å². The van der Waals surface area contributed by atoms with Gasteiger partial charge >= 0.3 is 6.16 Å². The molecule has 3 fully saturated rings. The Bertz CT molecular complexity index is 6850. The molecule has 26 nitrogen and oxygen atoms in total. The van der Waals surface area contributed by atoms with Crippen molar-refractivity contribution in [1.82, 2.24) is 43.7 Å². The summed E-state index contributed by atoms with van der Waals surface area (Å²) in [6, 6.07) is 51.0. The topological polar surface area (TPSA) is 257 Å². The van der Waals surface area contributed by atoms with E-state index in [-0.39, 0.29) is 123 Å². The predicted molar refractivity (Wildman–Crippen MR) is 467 cm³/mol. The number of carbonyl (C=O) groups is 4. The van der Waals surface area contributed by atoms with Crippen molar-refractivity contribution in [3.05, 3.63) is 350 Å². The number of thiazole rings is 3. The minimum Gasteiger partial charge on any atom is -0.482 e. The predicted octanol–water partition coefficient (Wildman–Crippen LogP) is 15.0. The van der Waals surface area contributed by atoms with Gasteiger partial charge in [-0.2, -0.15) is 0 Å². The minimum absolute atomic E-state index is 0.00165. The van der Waals surface area contributed by atoms with Crippen LogP contribution in [0.15, 0.2) is 238 Å². The second-order valence-electron chi connectivity index (χ2n) is 31.3. The zero-order valence-electron chi connectivity index (χ0n) is 68.4. The Morgan fingerprint density at radius 1 is 0.392 bits per heavy atom. The molecule has 6 aliphatic heterocycles.